The van der Waals surface area contributed by atoms with Crippen LogP contribution >= 0.6 is 0 Å². The molecule has 41 heavy (non-hydrogen) atoms. The Labute approximate surface area is 242 Å². The van der Waals surface area contributed by atoms with Crippen molar-refractivity contribution in [2.75, 3.05) is 12.9 Å². The number of nitrogens with one attached hydrogen (secondary N) is 1. The molecule has 1 saturated heterocycles. The van der Waals surface area contributed by atoms with Crippen LogP contribution in [0.25, 0.3) is 11.1 Å². The molecule has 0 spiro atoms. The summed E-state index contributed by atoms with van der Waals surface area (Å²) in [4.78, 5) is 0. The topological polar surface area (TPSA) is 73.9 Å². The molecule has 4 aromatic carbocycles. The molecule has 0 saturated carbocycles. The van der Waals surface area contributed by atoms with Gasteiger partial charge in [0.25, 0.3) is 10.1 Å². The van der Waals surface area contributed by atoms with E-state index in [0.717, 1.165) is 28.5 Å². The Bertz CT molecular complexity index is 1580. The number of fused-ring (bicyclic) bond motifs is 3. The Kier molecular flexibility index (Phi) is 7.34. The van der Waals surface area contributed by atoms with Gasteiger partial charge in [-0.1, -0.05) is 109 Å². The molecule has 0 aromatic heterocycles. The molecule has 212 valence electrons. The summed E-state index contributed by atoms with van der Waals surface area (Å²) in [6, 6.07) is 37.5. The first kappa shape index (κ1) is 27.8. The number of hydrogen-bond acceptors (Lipinski definition) is 6. The van der Waals surface area contributed by atoms with Gasteiger partial charge in [0.15, 0.2) is 5.79 Å². The van der Waals surface area contributed by atoms with Gasteiger partial charge in [0.05, 0.1) is 18.4 Å². The van der Waals surface area contributed by atoms with E-state index in [0.29, 0.717) is 6.42 Å². The van der Waals surface area contributed by atoms with E-state index in [4.69, 9.17) is 13.7 Å². The summed E-state index contributed by atoms with van der Waals surface area (Å²) in [7, 11) is -3.67. The lowest BCUT2D eigenvalue weighted by molar-refractivity contribution is -0.150. The van der Waals surface area contributed by atoms with E-state index in [9.17, 15) is 8.42 Å². The van der Waals surface area contributed by atoms with E-state index < -0.39 is 33.7 Å². The van der Waals surface area contributed by atoms with Crippen LogP contribution in [0.5, 0.6) is 0 Å². The van der Waals surface area contributed by atoms with Gasteiger partial charge in [-0.3, -0.25) is 9.50 Å². The highest BCUT2D eigenvalue weighted by molar-refractivity contribution is 7.85. The number of ether oxygens (including phenoxy) is 2. The molecule has 2 aliphatic rings. The first-order chi connectivity index (χ1) is 19.7. The zero-order valence-corrected chi connectivity index (χ0v) is 24.3. The van der Waals surface area contributed by atoms with Crippen LogP contribution in [-0.2, 0) is 35.7 Å². The molecule has 0 amide bonds. The summed E-state index contributed by atoms with van der Waals surface area (Å²) in [5.41, 5.74) is 6.23. The van der Waals surface area contributed by atoms with E-state index in [1.165, 1.54) is 11.1 Å². The third kappa shape index (κ3) is 5.48. The highest BCUT2D eigenvalue weighted by atomic mass is 32.2. The van der Waals surface area contributed by atoms with E-state index in [1.807, 2.05) is 38.1 Å². The van der Waals surface area contributed by atoms with Crippen LogP contribution in [0.1, 0.15) is 36.1 Å². The van der Waals surface area contributed by atoms with Crippen molar-refractivity contribution in [2.45, 2.75) is 49.8 Å². The van der Waals surface area contributed by atoms with Crippen molar-refractivity contribution in [3.05, 3.63) is 131 Å². The van der Waals surface area contributed by atoms with Crippen molar-refractivity contribution >= 4 is 10.1 Å². The van der Waals surface area contributed by atoms with E-state index in [1.54, 1.807) is 0 Å². The normalized spacial score (nSPS) is 21.2. The fourth-order valence-corrected chi connectivity index (χ4v) is 6.77. The van der Waals surface area contributed by atoms with Gasteiger partial charge in [-0.25, -0.2) is 0 Å². The summed E-state index contributed by atoms with van der Waals surface area (Å²) < 4.78 is 42.0. The molecule has 1 aliphatic carbocycles. The highest BCUT2D eigenvalue weighted by Gasteiger charge is 2.51. The second kappa shape index (κ2) is 10.8. The smallest absolute Gasteiger partial charge is 0.264 e. The second-order valence-electron chi connectivity index (χ2n) is 11.3. The fourth-order valence-electron chi connectivity index (χ4n) is 6.39. The Morgan fingerprint density at radius 3 is 1.90 bits per heavy atom. The minimum Gasteiger partial charge on any atom is -0.343 e. The zero-order valence-electron chi connectivity index (χ0n) is 23.5. The second-order valence-corrected chi connectivity index (χ2v) is 12.9. The maximum atomic E-state index is 12.0. The summed E-state index contributed by atoms with van der Waals surface area (Å²) in [6.07, 6.45) is 0.562. The average Bonchev–Trinajstić information content (AvgIpc) is 3.44. The molecule has 4 aromatic rings. The number of rotatable bonds is 9. The Morgan fingerprint density at radius 2 is 1.32 bits per heavy atom. The largest absolute Gasteiger partial charge is 0.343 e. The SMILES string of the molecule is CC1(C)O[C@@H]([C@@H](Cc2ccccc2)NC2(c3ccccc3)c3ccccc3-c3ccccc32)[C@H](COS(C)(=O)=O)O1. The Balaban J connectivity index is 1.51. The summed E-state index contributed by atoms with van der Waals surface area (Å²) in [6.45, 7) is 3.58. The van der Waals surface area contributed by atoms with Gasteiger partial charge in [-0.05, 0) is 53.6 Å². The van der Waals surface area contributed by atoms with Gasteiger partial charge in [0.2, 0.25) is 0 Å². The number of hydrogen-bond donors (Lipinski definition) is 1. The Morgan fingerprint density at radius 1 is 0.780 bits per heavy atom. The molecule has 0 bridgehead atoms. The third-order valence-corrected chi connectivity index (χ3v) is 8.49. The van der Waals surface area contributed by atoms with Crippen LogP contribution in [0, 0.1) is 0 Å². The summed E-state index contributed by atoms with van der Waals surface area (Å²) in [5.74, 6) is -0.918. The van der Waals surface area contributed by atoms with E-state index >= 15 is 0 Å². The van der Waals surface area contributed by atoms with Crippen molar-refractivity contribution < 1.29 is 22.1 Å². The average molecular weight is 570 g/mol. The molecular weight excluding hydrogens is 534 g/mol. The van der Waals surface area contributed by atoms with Crippen molar-refractivity contribution in [1.29, 1.82) is 0 Å². The van der Waals surface area contributed by atoms with Crippen LogP contribution < -0.4 is 5.32 Å². The predicted molar refractivity (Wildman–Crippen MR) is 160 cm³/mol. The van der Waals surface area contributed by atoms with Gasteiger partial charge in [0, 0.05) is 6.04 Å². The molecule has 1 N–H and O–H groups in total. The highest BCUT2D eigenvalue weighted by Crippen LogP contribution is 2.51. The van der Waals surface area contributed by atoms with Crippen molar-refractivity contribution in [3.63, 3.8) is 0 Å². The molecule has 1 aliphatic heterocycles. The molecule has 0 unspecified atom stereocenters. The monoisotopic (exact) mass is 569 g/mol. The van der Waals surface area contributed by atoms with Crippen molar-refractivity contribution in [3.8, 4) is 11.1 Å². The molecule has 6 nitrogen and oxygen atoms in total. The van der Waals surface area contributed by atoms with Crippen molar-refractivity contribution in [1.82, 2.24) is 5.32 Å². The fraction of sp³-hybridized carbons (Fsp3) is 0.294. The van der Waals surface area contributed by atoms with E-state index in [-0.39, 0.29) is 12.6 Å². The Hall–Kier alpha value is -3.33. The van der Waals surface area contributed by atoms with Crippen LogP contribution in [0.3, 0.4) is 0 Å². The summed E-state index contributed by atoms with van der Waals surface area (Å²) >= 11 is 0. The van der Waals surface area contributed by atoms with Crippen molar-refractivity contribution in [2.24, 2.45) is 0 Å². The third-order valence-electron chi connectivity index (χ3n) is 7.92. The standard InChI is InChI=1S/C34H35NO5S/c1-33(2)39-31(23-38-41(3,36)37)32(40-33)30(22-24-14-6-4-7-15-24)35-34(25-16-8-5-9-17-25)28-20-12-10-18-26(28)27-19-11-13-21-29(27)34/h4-21,30-32,35H,22-23H2,1-3H3/t30-,31+,32+/m1/s1. The van der Waals surface area contributed by atoms with Gasteiger partial charge >= 0.3 is 0 Å². The molecule has 1 heterocycles. The quantitative estimate of drug-likeness (QED) is 0.263. The molecule has 3 atom stereocenters. The summed E-state index contributed by atoms with van der Waals surface area (Å²) in [5, 5.41) is 4.10. The van der Waals surface area contributed by atoms with Gasteiger partial charge in [0.1, 0.15) is 12.2 Å². The van der Waals surface area contributed by atoms with Crippen LogP contribution in [0.4, 0.5) is 0 Å². The predicted octanol–water partition coefficient (Wildman–Crippen LogP) is 5.66. The number of benzene rings is 4. The molecular formula is C34H35NO5S. The maximum absolute atomic E-state index is 12.0. The molecule has 1 fully saturated rings. The molecule has 6 rings (SSSR count). The lowest BCUT2D eigenvalue weighted by atomic mass is 9.79. The minimum atomic E-state index is -3.67. The first-order valence-corrected chi connectivity index (χ1v) is 15.7. The lowest BCUT2D eigenvalue weighted by Gasteiger charge is -2.40. The molecule has 0 radical (unpaired) electrons. The van der Waals surface area contributed by atoms with E-state index in [2.05, 4.69) is 90.2 Å². The van der Waals surface area contributed by atoms with Gasteiger partial charge < -0.3 is 9.47 Å². The van der Waals surface area contributed by atoms with Crippen LogP contribution in [-0.4, -0.2) is 45.3 Å². The van der Waals surface area contributed by atoms with Gasteiger partial charge in [-0.2, -0.15) is 8.42 Å². The lowest BCUT2D eigenvalue weighted by Crippen LogP contribution is -2.56. The van der Waals surface area contributed by atoms with Gasteiger partial charge in [-0.15, -0.1) is 0 Å². The first-order valence-electron chi connectivity index (χ1n) is 13.9. The molecule has 7 heteroatoms. The van der Waals surface area contributed by atoms with Crippen LogP contribution in [0.2, 0.25) is 0 Å². The maximum Gasteiger partial charge on any atom is 0.264 e. The zero-order chi connectivity index (χ0) is 28.7. The van der Waals surface area contributed by atoms with Crippen LogP contribution in [0.15, 0.2) is 109 Å². The minimum absolute atomic E-state index is 0.134.